The van der Waals surface area contributed by atoms with Crippen molar-refractivity contribution in [1.29, 1.82) is 0 Å². The molecule has 0 bridgehead atoms. The van der Waals surface area contributed by atoms with Crippen LogP contribution in [0.5, 0.6) is 0 Å². The summed E-state index contributed by atoms with van der Waals surface area (Å²) in [6.07, 6.45) is 4.97. The van der Waals surface area contributed by atoms with Crippen LogP contribution in [0.25, 0.3) is 16.9 Å². The van der Waals surface area contributed by atoms with Gasteiger partial charge in [0.25, 0.3) is 0 Å². The monoisotopic (exact) mass is 471 g/mol. The first-order chi connectivity index (χ1) is 15.5. The van der Waals surface area contributed by atoms with E-state index in [4.69, 9.17) is 16.3 Å². The van der Waals surface area contributed by atoms with Crippen molar-refractivity contribution in [3.63, 3.8) is 0 Å². The van der Waals surface area contributed by atoms with Crippen molar-refractivity contribution >= 4 is 40.2 Å². The predicted molar refractivity (Wildman–Crippen MR) is 131 cm³/mol. The number of rotatable bonds is 3. The first-order valence-corrected chi connectivity index (χ1v) is 11.3. The number of anilines is 2. The van der Waals surface area contributed by atoms with Gasteiger partial charge in [0, 0.05) is 63.3 Å². The second kappa shape index (κ2) is 8.70. The van der Waals surface area contributed by atoms with Gasteiger partial charge < -0.3 is 19.4 Å². The zero-order chi connectivity index (χ0) is 23.9. The van der Waals surface area contributed by atoms with Crippen molar-refractivity contribution in [2.75, 3.05) is 43.5 Å². The molecule has 1 aliphatic heterocycles. The third kappa shape index (κ3) is 4.68. The fraction of sp³-hybridized carbons (Fsp3) is 0.478. The van der Waals surface area contributed by atoms with Crippen molar-refractivity contribution in [3.05, 3.63) is 35.9 Å². The number of fused-ring (bicyclic) bond motifs is 1. The lowest BCUT2D eigenvalue weighted by atomic mass is 10.1. The van der Waals surface area contributed by atoms with Gasteiger partial charge in [-0.1, -0.05) is 11.6 Å². The molecule has 1 saturated heterocycles. The Morgan fingerprint density at radius 3 is 2.61 bits per heavy atom. The first-order valence-electron chi connectivity index (χ1n) is 10.9. The number of hydrogen-bond donors (Lipinski definition) is 0. The summed E-state index contributed by atoms with van der Waals surface area (Å²) in [6, 6.07) is 3.60. The average Bonchev–Trinajstić information content (AvgIpc) is 3.13. The molecule has 9 nitrogen and oxygen atoms in total. The number of pyridine rings is 1. The van der Waals surface area contributed by atoms with Gasteiger partial charge in [0.05, 0.1) is 11.1 Å². The molecule has 1 amide bonds. The molecule has 3 aromatic heterocycles. The minimum Gasteiger partial charge on any atom is -0.444 e. The Bertz CT molecular complexity index is 1170. The molecule has 0 spiro atoms. The van der Waals surface area contributed by atoms with Crippen molar-refractivity contribution in [3.8, 4) is 5.82 Å². The van der Waals surface area contributed by atoms with E-state index in [9.17, 15) is 4.79 Å². The highest BCUT2D eigenvalue weighted by Crippen LogP contribution is 2.36. The summed E-state index contributed by atoms with van der Waals surface area (Å²) in [4.78, 5) is 32.3. The van der Waals surface area contributed by atoms with E-state index in [1.165, 1.54) is 0 Å². The Labute approximate surface area is 198 Å². The van der Waals surface area contributed by atoms with Crippen LogP contribution in [0.15, 0.2) is 30.9 Å². The molecule has 1 aliphatic rings. The van der Waals surface area contributed by atoms with Crippen LogP contribution in [0.3, 0.4) is 0 Å². The number of nitrogens with zero attached hydrogens (tertiary/aromatic N) is 7. The summed E-state index contributed by atoms with van der Waals surface area (Å²) in [6.45, 7) is 9.47. The highest BCUT2D eigenvalue weighted by Gasteiger charge is 2.32. The predicted octanol–water partition coefficient (Wildman–Crippen LogP) is 3.98. The second-order valence-electron chi connectivity index (χ2n) is 9.48. The Hall–Kier alpha value is -3.07. The van der Waals surface area contributed by atoms with Crippen LogP contribution in [0, 0.1) is 0 Å². The zero-order valence-corrected chi connectivity index (χ0v) is 20.7. The Morgan fingerprint density at radius 2 is 1.97 bits per heavy atom. The Balaban J connectivity index is 1.71. The summed E-state index contributed by atoms with van der Waals surface area (Å²) in [5.74, 6) is 1.52. The molecular formula is C23H30ClN7O2. The Morgan fingerprint density at radius 1 is 1.21 bits per heavy atom. The molecule has 4 heterocycles. The lowest BCUT2D eigenvalue weighted by Crippen LogP contribution is -2.54. The summed E-state index contributed by atoms with van der Waals surface area (Å²) in [7, 11) is 3.98. The fourth-order valence-electron chi connectivity index (χ4n) is 4.05. The Kier molecular flexibility index (Phi) is 6.09. The van der Waals surface area contributed by atoms with E-state index in [0.29, 0.717) is 30.5 Å². The molecule has 0 N–H and O–H groups in total. The molecule has 0 radical (unpaired) electrons. The fourth-order valence-corrected chi connectivity index (χ4v) is 4.20. The summed E-state index contributed by atoms with van der Waals surface area (Å²) in [5, 5.41) is 1.54. The van der Waals surface area contributed by atoms with Crippen LogP contribution >= 0.6 is 11.6 Å². The number of amides is 1. The maximum atomic E-state index is 12.6. The van der Waals surface area contributed by atoms with Gasteiger partial charge in [0.1, 0.15) is 23.6 Å². The summed E-state index contributed by atoms with van der Waals surface area (Å²) in [5.41, 5.74) is 1.21. The molecule has 0 unspecified atom stereocenters. The number of carbonyl (C=O) groups is 1. The van der Waals surface area contributed by atoms with Gasteiger partial charge in [-0.15, -0.1) is 0 Å². The smallest absolute Gasteiger partial charge is 0.410 e. The summed E-state index contributed by atoms with van der Waals surface area (Å²) < 4.78 is 7.50. The number of carbonyl (C=O) groups excluding carboxylic acids is 1. The van der Waals surface area contributed by atoms with Crippen molar-refractivity contribution in [1.82, 2.24) is 24.4 Å². The molecule has 0 aliphatic carbocycles. The van der Waals surface area contributed by atoms with Gasteiger partial charge in [0.15, 0.2) is 5.65 Å². The molecular weight excluding hydrogens is 442 g/mol. The van der Waals surface area contributed by atoms with Crippen LogP contribution in [0.4, 0.5) is 16.3 Å². The topological polar surface area (TPSA) is 79.6 Å². The molecule has 176 valence electrons. The molecule has 4 rings (SSSR count). The number of hydrogen-bond acceptors (Lipinski definition) is 7. The van der Waals surface area contributed by atoms with E-state index in [2.05, 4.69) is 26.8 Å². The van der Waals surface area contributed by atoms with Gasteiger partial charge in [-0.3, -0.25) is 4.57 Å². The lowest BCUT2D eigenvalue weighted by molar-refractivity contribution is 0.0218. The number of aromatic nitrogens is 4. The first kappa shape index (κ1) is 23.1. The van der Waals surface area contributed by atoms with E-state index < -0.39 is 5.60 Å². The van der Waals surface area contributed by atoms with E-state index >= 15 is 0 Å². The average molecular weight is 472 g/mol. The molecule has 10 heteroatoms. The van der Waals surface area contributed by atoms with Gasteiger partial charge in [-0.25, -0.2) is 19.7 Å². The lowest BCUT2D eigenvalue weighted by Gasteiger charge is -2.41. The SMILES string of the molecule is C[C@H]1CN(C(=O)OC(C)(C)C)CCN1c1ncnc2c1c(N(C)C)cn2-c1cc(Cl)ccn1. The third-order valence-electron chi connectivity index (χ3n) is 5.53. The molecule has 0 saturated carbocycles. The van der Waals surface area contributed by atoms with Crippen LogP contribution in [-0.4, -0.2) is 75.9 Å². The highest BCUT2D eigenvalue weighted by molar-refractivity contribution is 6.30. The van der Waals surface area contributed by atoms with E-state index in [-0.39, 0.29) is 12.1 Å². The largest absolute Gasteiger partial charge is 0.444 e. The van der Waals surface area contributed by atoms with Gasteiger partial charge in [-0.2, -0.15) is 0 Å². The third-order valence-corrected chi connectivity index (χ3v) is 5.77. The van der Waals surface area contributed by atoms with Crippen LogP contribution in [0.2, 0.25) is 5.02 Å². The standard InChI is InChI=1S/C23H30ClN7O2/c1-15-12-29(22(32)33-23(2,3)4)9-10-30(15)20-19-17(28(5)6)13-31(21(19)27-14-26-20)18-11-16(24)7-8-25-18/h7-8,11,13-15H,9-10,12H2,1-6H3/t15-/m0/s1. The zero-order valence-electron chi connectivity index (χ0n) is 19.9. The number of piperazine rings is 1. The van der Waals surface area contributed by atoms with E-state index in [1.807, 2.05) is 56.6 Å². The van der Waals surface area contributed by atoms with Crippen molar-refractivity contribution in [2.45, 2.75) is 39.3 Å². The molecule has 33 heavy (non-hydrogen) atoms. The minimum absolute atomic E-state index is 0.0482. The normalized spacial score (nSPS) is 16.9. The minimum atomic E-state index is -0.520. The summed E-state index contributed by atoms with van der Waals surface area (Å²) >= 11 is 6.22. The van der Waals surface area contributed by atoms with Crippen LogP contribution in [-0.2, 0) is 4.74 Å². The van der Waals surface area contributed by atoms with Gasteiger partial charge in [-0.05, 0) is 33.8 Å². The van der Waals surface area contributed by atoms with E-state index in [0.717, 1.165) is 22.5 Å². The quantitative estimate of drug-likeness (QED) is 0.571. The molecule has 3 aromatic rings. The second-order valence-corrected chi connectivity index (χ2v) is 9.91. The van der Waals surface area contributed by atoms with E-state index in [1.54, 1.807) is 23.5 Å². The van der Waals surface area contributed by atoms with Gasteiger partial charge >= 0.3 is 6.09 Å². The van der Waals surface area contributed by atoms with Crippen molar-refractivity contribution < 1.29 is 9.53 Å². The highest BCUT2D eigenvalue weighted by atomic mass is 35.5. The van der Waals surface area contributed by atoms with Crippen LogP contribution in [0.1, 0.15) is 27.7 Å². The number of halogens is 1. The molecule has 0 aromatic carbocycles. The maximum absolute atomic E-state index is 12.6. The van der Waals surface area contributed by atoms with Crippen molar-refractivity contribution in [2.24, 2.45) is 0 Å². The van der Waals surface area contributed by atoms with Crippen LogP contribution < -0.4 is 9.80 Å². The maximum Gasteiger partial charge on any atom is 0.410 e. The number of ether oxygens (including phenoxy) is 1. The molecule has 1 fully saturated rings. The van der Waals surface area contributed by atoms with Gasteiger partial charge in [0.2, 0.25) is 0 Å². The molecule has 1 atom stereocenters.